The molecular weight excluding hydrogens is 394 g/mol. The van der Waals surface area contributed by atoms with E-state index in [2.05, 4.69) is 26.5 Å². The first-order chi connectivity index (χ1) is 12.6. The maximum Gasteiger partial charge on any atom is 0.281 e. The van der Waals surface area contributed by atoms with Crippen LogP contribution in [0.3, 0.4) is 0 Å². The second-order valence-electron chi connectivity index (χ2n) is 5.89. The van der Waals surface area contributed by atoms with Gasteiger partial charge in [0.1, 0.15) is 5.75 Å². The Morgan fingerprint density at radius 3 is 2.81 bits per heavy atom. The van der Waals surface area contributed by atoms with Gasteiger partial charge in [0.2, 0.25) is 0 Å². The lowest BCUT2D eigenvalue weighted by Gasteiger charge is -2.17. The van der Waals surface area contributed by atoms with Gasteiger partial charge in [0.25, 0.3) is 5.91 Å². The highest BCUT2D eigenvalue weighted by Crippen LogP contribution is 2.33. The zero-order chi connectivity index (χ0) is 18.5. The third-order valence-corrected chi connectivity index (χ3v) is 4.93. The fourth-order valence-corrected chi connectivity index (χ4v) is 3.21. The Kier molecular flexibility index (Phi) is 5.73. The van der Waals surface area contributed by atoms with Gasteiger partial charge in [-0.25, -0.2) is 5.43 Å². The highest BCUT2D eigenvalue weighted by molar-refractivity contribution is 9.10. The predicted octanol–water partition coefficient (Wildman–Crippen LogP) is 4.25. The van der Waals surface area contributed by atoms with E-state index < -0.39 is 6.10 Å². The first-order valence-corrected chi connectivity index (χ1v) is 9.17. The fourth-order valence-electron chi connectivity index (χ4n) is 2.62. The number of aromatic nitrogens is 1. The van der Waals surface area contributed by atoms with E-state index in [1.165, 1.54) is 0 Å². The monoisotopic (exact) mass is 413 g/mol. The normalized spacial score (nSPS) is 12.4. The van der Waals surface area contributed by atoms with Crippen molar-refractivity contribution >= 4 is 38.8 Å². The number of nitrogens with one attached hydrogen (secondary N) is 1. The summed E-state index contributed by atoms with van der Waals surface area (Å²) in [5.74, 6) is 0.357. The summed E-state index contributed by atoms with van der Waals surface area (Å²) in [7, 11) is 1.92. The predicted molar refractivity (Wildman–Crippen MR) is 108 cm³/mol. The van der Waals surface area contributed by atoms with E-state index >= 15 is 0 Å². The smallest absolute Gasteiger partial charge is 0.281 e. The molecule has 134 valence electrons. The van der Waals surface area contributed by atoms with E-state index in [-0.39, 0.29) is 5.91 Å². The van der Waals surface area contributed by atoms with Gasteiger partial charge in [-0.15, -0.1) is 0 Å². The van der Waals surface area contributed by atoms with Crippen molar-refractivity contribution in [3.8, 4) is 5.75 Å². The Morgan fingerprint density at radius 2 is 2.08 bits per heavy atom. The highest BCUT2D eigenvalue weighted by atomic mass is 79.9. The van der Waals surface area contributed by atoms with Crippen molar-refractivity contribution in [3.63, 3.8) is 0 Å². The molecule has 0 fully saturated rings. The van der Waals surface area contributed by atoms with Crippen molar-refractivity contribution in [3.05, 3.63) is 64.9 Å². The summed E-state index contributed by atoms with van der Waals surface area (Å²) in [6.45, 7) is 1.90. The molecule has 3 aromatic rings. The average molecular weight is 414 g/mol. The maximum atomic E-state index is 12.4. The van der Waals surface area contributed by atoms with Gasteiger partial charge in [-0.1, -0.05) is 37.3 Å². The Hall–Kier alpha value is -2.60. The van der Waals surface area contributed by atoms with Gasteiger partial charge in [-0.3, -0.25) is 4.79 Å². The molecule has 5 nitrogen and oxygen atoms in total. The molecule has 1 atom stereocenters. The summed E-state index contributed by atoms with van der Waals surface area (Å²) in [5, 5.41) is 6.17. The summed E-state index contributed by atoms with van der Waals surface area (Å²) in [5.41, 5.74) is 3.45. The number of amides is 1. The van der Waals surface area contributed by atoms with Crippen LogP contribution in [-0.2, 0) is 11.8 Å². The van der Waals surface area contributed by atoms with Crippen LogP contribution in [0.25, 0.3) is 10.8 Å². The summed E-state index contributed by atoms with van der Waals surface area (Å²) in [6, 6.07) is 15.7. The second-order valence-corrected chi connectivity index (χ2v) is 6.68. The third kappa shape index (κ3) is 3.96. The minimum absolute atomic E-state index is 0.280. The second kappa shape index (κ2) is 8.19. The first-order valence-electron chi connectivity index (χ1n) is 8.38. The number of hydrazone groups is 1. The molecule has 1 heterocycles. The molecule has 0 radical (unpaired) electrons. The van der Waals surface area contributed by atoms with Crippen LogP contribution in [-0.4, -0.2) is 22.8 Å². The Labute approximate surface area is 160 Å². The van der Waals surface area contributed by atoms with E-state index in [4.69, 9.17) is 4.74 Å². The topological polar surface area (TPSA) is 55.6 Å². The number of nitrogens with zero attached hydrogens (tertiary/aromatic N) is 2. The van der Waals surface area contributed by atoms with Gasteiger partial charge in [-0.2, -0.15) is 5.10 Å². The van der Waals surface area contributed by atoms with Gasteiger partial charge >= 0.3 is 0 Å². The molecule has 0 unspecified atom stereocenters. The van der Waals surface area contributed by atoms with Crippen molar-refractivity contribution in [1.29, 1.82) is 0 Å². The SMILES string of the molecule is CC[C@H](Oc1ccc2ccccc2c1Br)C(=O)N/N=C\c1cccn1C. The first kappa shape index (κ1) is 18.2. The van der Waals surface area contributed by atoms with Crippen LogP contribution in [0, 0.1) is 0 Å². The minimum atomic E-state index is -0.627. The van der Waals surface area contributed by atoms with E-state index in [1.807, 2.05) is 73.3 Å². The van der Waals surface area contributed by atoms with Crippen molar-refractivity contribution in [2.24, 2.45) is 12.1 Å². The lowest BCUT2D eigenvalue weighted by atomic mass is 10.1. The average Bonchev–Trinajstić information content (AvgIpc) is 3.06. The lowest BCUT2D eigenvalue weighted by molar-refractivity contribution is -0.128. The van der Waals surface area contributed by atoms with E-state index in [0.29, 0.717) is 12.2 Å². The molecule has 1 N–H and O–H groups in total. The lowest BCUT2D eigenvalue weighted by Crippen LogP contribution is -2.35. The number of fused-ring (bicyclic) bond motifs is 1. The van der Waals surface area contributed by atoms with Gasteiger partial charge in [0.15, 0.2) is 6.10 Å². The minimum Gasteiger partial charge on any atom is -0.479 e. The Bertz CT molecular complexity index is 949. The number of rotatable bonds is 6. The highest BCUT2D eigenvalue weighted by Gasteiger charge is 2.19. The number of aryl methyl sites for hydroxylation is 1. The molecule has 0 bridgehead atoms. The molecule has 2 aromatic carbocycles. The molecule has 1 amide bonds. The van der Waals surface area contributed by atoms with Crippen molar-refractivity contribution in [2.45, 2.75) is 19.4 Å². The molecule has 0 saturated heterocycles. The van der Waals surface area contributed by atoms with Crippen LogP contribution < -0.4 is 10.2 Å². The number of ether oxygens (including phenoxy) is 1. The zero-order valence-electron chi connectivity index (χ0n) is 14.6. The van der Waals surface area contributed by atoms with Crippen LogP contribution in [0.2, 0.25) is 0 Å². The number of carbonyl (C=O) groups is 1. The van der Waals surface area contributed by atoms with Crippen LogP contribution in [0.4, 0.5) is 0 Å². The molecule has 0 saturated carbocycles. The fraction of sp³-hybridized carbons (Fsp3) is 0.200. The maximum absolute atomic E-state index is 12.4. The number of halogens is 1. The van der Waals surface area contributed by atoms with Crippen LogP contribution >= 0.6 is 15.9 Å². The molecule has 0 aliphatic heterocycles. The molecular formula is C20H20BrN3O2. The number of hydrogen-bond donors (Lipinski definition) is 1. The zero-order valence-corrected chi connectivity index (χ0v) is 16.2. The largest absolute Gasteiger partial charge is 0.479 e. The van der Waals surface area contributed by atoms with Crippen molar-refractivity contribution in [1.82, 2.24) is 9.99 Å². The molecule has 0 aliphatic carbocycles. The molecule has 6 heteroatoms. The van der Waals surface area contributed by atoms with E-state index in [1.54, 1.807) is 6.21 Å². The summed E-state index contributed by atoms with van der Waals surface area (Å²) < 4.78 is 8.69. The van der Waals surface area contributed by atoms with Gasteiger partial charge in [-0.05, 0) is 51.3 Å². The van der Waals surface area contributed by atoms with Crippen LogP contribution in [0.5, 0.6) is 5.75 Å². The summed E-state index contributed by atoms with van der Waals surface area (Å²) >= 11 is 3.59. The molecule has 0 aliphatic rings. The number of benzene rings is 2. The Balaban J connectivity index is 1.71. The number of hydrogen-bond acceptors (Lipinski definition) is 3. The van der Waals surface area contributed by atoms with Crippen molar-refractivity contribution in [2.75, 3.05) is 0 Å². The van der Waals surface area contributed by atoms with Crippen LogP contribution in [0.1, 0.15) is 19.0 Å². The summed E-state index contributed by atoms with van der Waals surface area (Å²) in [4.78, 5) is 12.4. The summed E-state index contributed by atoms with van der Waals surface area (Å²) in [6.07, 6.45) is 3.43. The Morgan fingerprint density at radius 1 is 1.27 bits per heavy atom. The molecule has 1 aromatic heterocycles. The van der Waals surface area contributed by atoms with Gasteiger partial charge in [0.05, 0.1) is 16.4 Å². The standard InChI is InChI=1S/C20H20BrN3O2/c1-3-17(20(25)23-22-13-15-8-6-12-24(15)2)26-18-11-10-14-7-4-5-9-16(14)19(18)21/h4-13,17H,3H2,1-2H3,(H,23,25)/b22-13-/t17-/m0/s1. The molecule has 0 spiro atoms. The van der Waals surface area contributed by atoms with Crippen LogP contribution in [0.15, 0.2) is 64.3 Å². The molecule has 3 rings (SSSR count). The quantitative estimate of drug-likeness (QED) is 0.485. The van der Waals surface area contributed by atoms with Gasteiger partial charge < -0.3 is 9.30 Å². The van der Waals surface area contributed by atoms with Crippen molar-refractivity contribution < 1.29 is 9.53 Å². The molecule has 26 heavy (non-hydrogen) atoms. The van der Waals surface area contributed by atoms with Gasteiger partial charge in [0, 0.05) is 13.2 Å². The van der Waals surface area contributed by atoms with E-state index in [9.17, 15) is 4.79 Å². The third-order valence-electron chi connectivity index (χ3n) is 4.12. The van der Waals surface area contributed by atoms with E-state index in [0.717, 1.165) is 20.9 Å². The number of carbonyl (C=O) groups excluding carboxylic acids is 1.